The molecule has 1 aromatic carbocycles. The molecule has 4 aromatic rings. The summed E-state index contributed by atoms with van der Waals surface area (Å²) in [5.41, 5.74) is 4.97. The van der Waals surface area contributed by atoms with Gasteiger partial charge in [0.2, 0.25) is 0 Å². The van der Waals surface area contributed by atoms with Crippen LogP contribution in [0, 0.1) is 11.3 Å². The van der Waals surface area contributed by atoms with Crippen LogP contribution in [0.2, 0.25) is 0 Å². The Morgan fingerprint density at radius 1 is 1.02 bits per heavy atom. The van der Waals surface area contributed by atoms with Crippen LogP contribution in [-0.4, -0.2) is 67.0 Å². The highest BCUT2D eigenvalue weighted by molar-refractivity contribution is 6.04. The minimum atomic E-state index is -0.436. The van der Waals surface area contributed by atoms with Gasteiger partial charge in [-0.1, -0.05) is 6.07 Å². The van der Waals surface area contributed by atoms with Crippen LogP contribution in [0.5, 0.6) is 0 Å². The number of aryl methyl sites for hydroxylation is 1. The lowest BCUT2D eigenvalue weighted by Gasteiger charge is -2.32. The Hall–Kier alpha value is -4.59. The van der Waals surface area contributed by atoms with Gasteiger partial charge in [0.1, 0.15) is 17.2 Å². The minimum absolute atomic E-state index is 0.160. The second-order valence-electron chi connectivity index (χ2n) is 13.2. The van der Waals surface area contributed by atoms with Crippen LogP contribution in [0.3, 0.4) is 0 Å². The molecule has 2 atom stereocenters. The number of imidazole rings is 1. The van der Waals surface area contributed by atoms with Gasteiger partial charge in [0, 0.05) is 80.6 Å². The number of benzene rings is 1. The molecular weight excluding hydrogens is 564 g/mol. The second-order valence-corrected chi connectivity index (χ2v) is 13.2. The average Bonchev–Trinajstić information content (AvgIpc) is 3.96. The number of likely N-dealkylation sites (N-methyl/N-ethyl adjacent to an activating group) is 1. The summed E-state index contributed by atoms with van der Waals surface area (Å²) in [6, 6.07) is 14.8. The number of carbonyl (C=O) groups is 1. The number of nitrogens with one attached hydrogen (secondary N) is 1. The van der Waals surface area contributed by atoms with Gasteiger partial charge in [0.25, 0.3) is 11.5 Å². The molecule has 2 saturated heterocycles. The van der Waals surface area contributed by atoms with E-state index in [0.717, 1.165) is 79.1 Å². The molecular formula is C35H36N8O2. The SMILES string of the molecule is CN1CC2C[C@H]1CN2Cc1cc(C(=O)Nc2cc(-c3ccc(C#N)cc3-c3nccn3C)cc(C3CC3)n2)c(=O)n(C2CC2)c1. The lowest BCUT2D eigenvalue weighted by Crippen LogP contribution is -2.44. The fourth-order valence-corrected chi connectivity index (χ4v) is 7.13. The predicted molar refractivity (Wildman–Crippen MR) is 171 cm³/mol. The zero-order valence-electron chi connectivity index (χ0n) is 25.6. The maximum atomic E-state index is 13.9. The molecule has 10 nitrogen and oxygen atoms in total. The third-order valence-corrected chi connectivity index (χ3v) is 9.90. The largest absolute Gasteiger partial charge is 0.334 e. The number of pyridine rings is 2. The molecule has 0 radical (unpaired) electrons. The van der Waals surface area contributed by atoms with E-state index in [2.05, 4.69) is 39.3 Å². The Bertz CT molecular complexity index is 1930. The zero-order valence-corrected chi connectivity index (χ0v) is 25.6. The summed E-state index contributed by atoms with van der Waals surface area (Å²) >= 11 is 0. The normalized spacial score (nSPS) is 21.3. The molecule has 228 valence electrons. The third kappa shape index (κ3) is 5.26. The van der Waals surface area contributed by atoms with Crippen molar-refractivity contribution in [2.45, 2.75) is 62.7 Å². The molecule has 1 N–H and O–H groups in total. The Labute approximate surface area is 261 Å². The first kappa shape index (κ1) is 27.9. The molecule has 2 aliphatic carbocycles. The fourth-order valence-electron chi connectivity index (χ4n) is 7.13. The van der Waals surface area contributed by atoms with E-state index in [0.29, 0.717) is 29.4 Å². The minimum Gasteiger partial charge on any atom is -0.334 e. The first-order chi connectivity index (χ1) is 21.8. The number of aromatic nitrogens is 4. The van der Waals surface area contributed by atoms with Crippen LogP contribution in [0.15, 0.2) is 59.8 Å². The highest BCUT2D eigenvalue weighted by atomic mass is 16.2. The standard InChI is InChI=1S/C35H36N8O2/c1-40-10-9-37-33(40)29-11-21(16-36)3-8-28(29)24-13-31(23-4-5-23)38-32(14-24)39-34(44)30-12-22(18-43(35(30)45)25-6-7-25)17-42-20-26-15-27(42)19-41(26)2/h3,8-14,18,23,25-27H,4-7,15,17,19-20H2,1-2H3,(H,38,39,44)/t26-,27?/m0/s1. The van der Waals surface area contributed by atoms with Crippen molar-refractivity contribution >= 4 is 11.7 Å². The van der Waals surface area contributed by atoms with Gasteiger partial charge in [-0.3, -0.25) is 14.5 Å². The Kier molecular flexibility index (Phi) is 6.69. The van der Waals surface area contributed by atoms with Crippen molar-refractivity contribution in [2.24, 2.45) is 7.05 Å². The van der Waals surface area contributed by atoms with Gasteiger partial charge in [-0.15, -0.1) is 0 Å². The number of hydrogen-bond acceptors (Lipinski definition) is 7. The quantitative estimate of drug-likeness (QED) is 0.316. The number of nitriles is 1. The lowest BCUT2D eigenvalue weighted by molar-refractivity contribution is 0.102. The third-order valence-electron chi connectivity index (χ3n) is 9.90. The number of anilines is 1. The molecule has 4 aliphatic rings. The van der Waals surface area contributed by atoms with Gasteiger partial charge < -0.3 is 19.4 Å². The summed E-state index contributed by atoms with van der Waals surface area (Å²) in [4.78, 5) is 41.8. The van der Waals surface area contributed by atoms with Crippen molar-refractivity contribution in [3.8, 4) is 28.6 Å². The Morgan fingerprint density at radius 2 is 1.87 bits per heavy atom. The second kappa shape index (κ2) is 10.8. The first-order valence-corrected chi connectivity index (χ1v) is 15.9. The lowest BCUT2D eigenvalue weighted by atomic mass is 9.96. The number of rotatable bonds is 8. The molecule has 1 amide bonds. The van der Waals surface area contributed by atoms with Gasteiger partial charge in [-0.2, -0.15) is 5.26 Å². The maximum absolute atomic E-state index is 13.9. The number of fused-ring (bicyclic) bond motifs is 2. The molecule has 2 aliphatic heterocycles. The monoisotopic (exact) mass is 600 g/mol. The van der Waals surface area contributed by atoms with Crippen molar-refractivity contribution in [1.29, 1.82) is 5.26 Å². The molecule has 10 heteroatoms. The molecule has 4 fully saturated rings. The van der Waals surface area contributed by atoms with Gasteiger partial charge >= 0.3 is 0 Å². The number of nitrogens with zero attached hydrogens (tertiary/aromatic N) is 7. The fraction of sp³-hybridized carbons (Fsp3) is 0.400. The molecule has 8 rings (SSSR count). The molecule has 5 heterocycles. The van der Waals surface area contributed by atoms with E-state index < -0.39 is 5.91 Å². The van der Waals surface area contributed by atoms with Crippen LogP contribution in [-0.2, 0) is 13.6 Å². The number of likely N-dealkylation sites (tertiary alicyclic amines) is 2. The van der Waals surface area contributed by atoms with E-state index in [-0.39, 0.29) is 17.2 Å². The van der Waals surface area contributed by atoms with E-state index in [1.807, 2.05) is 42.2 Å². The van der Waals surface area contributed by atoms with Gasteiger partial charge in [0.15, 0.2) is 0 Å². The summed E-state index contributed by atoms with van der Waals surface area (Å²) in [7, 11) is 4.12. The van der Waals surface area contributed by atoms with Gasteiger partial charge in [0.05, 0.1) is 11.6 Å². The van der Waals surface area contributed by atoms with Crippen molar-refractivity contribution in [3.63, 3.8) is 0 Å². The van der Waals surface area contributed by atoms with Crippen molar-refractivity contribution in [1.82, 2.24) is 28.9 Å². The summed E-state index contributed by atoms with van der Waals surface area (Å²) in [5, 5.41) is 12.6. The maximum Gasteiger partial charge on any atom is 0.263 e. The summed E-state index contributed by atoms with van der Waals surface area (Å²) in [6.07, 6.45) is 10.8. The van der Waals surface area contributed by atoms with Crippen LogP contribution in [0.4, 0.5) is 5.82 Å². The summed E-state index contributed by atoms with van der Waals surface area (Å²) in [5.74, 6) is 1.06. The molecule has 1 unspecified atom stereocenters. The van der Waals surface area contributed by atoms with Crippen LogP contribution >= 0.6 is 0 Å². The number of piperazine rings is 1. The molecule has 3 aromatic heterocycles. The topological polar surface area (TPSA) is 112 Å². The highest BCUT2D eigenvalue weighted by Gasteiger charge is 2.41. The Balaban J connectivity index is 1.14. The van der Waals surface area contributed by atoms with E-state index >= 15 is 0 Å². The highest BCUT2D eigenvalue weighted by Crippen LogP contribution is 2.42. The average molecular weight is 601 g/mol. The molecule has 2 bridgehead atoms. The summed E-state index contributed by atoms with van der Waals surface area (Å²) in [6.45, 7) is 2.81. The Morgan fingerprint density at radius 3 is 2.53 bits per heavy atom. The van der Waals surface area contributed by atoms with Gasteiger partial charge in [-0.05, 0) is 86.2 Å². The van der Waals surface area contributed by atoms with Crippen molar-refractivity contribution in [2.75, 3.05) is 25.5 Å². The number of amides is 1. The predicted octanol–water partition coefficient (Wildman–Crippen LogP) is 4.54. The van der Waals surface area contributed by atoms with E-state index in [9.17, 15) is 14.9 Å². The molecule has 45 heavy (non-hydrogen) atoms. The zero-order chi connectivity index (χ0) is 30.8. The van der Waals surface area contributed by atoms with Gasteiger partial charge in [-0.25, -0.2) is 9.97 Å². The van der Waals surface area contributed by atoms with Crippen LogP contribution in [0.1, 0.15) is 71.2 Å². The van der Waals surface area contributed by atoms with E-state index in [1.54, 1.807) is 22.9 Å². The number of hydrogen-bond donors (Lipinski definition) is 1. The van der Waals surface area contributed by atoms with Crippen LogP contribution < -0.4 is 10.9 Å². The molecule has 0 spiro atoms. The summed E-state index contributed by atoms with van der Waals surface area (Å²) < 4.78 is 3.70. The molecule has 2 saturated carbocycles. The number of carbonyl (C=O) groups excluding carboxylic acids is 1. The van der Waals surface area contributed by atoms with E-state index in [4.69, 9.17) is 4.98 Å². The first-order valence-electron chi connectivity index (χ1n) is 15.9. The van der Waals surface area contributed by atoms with Crippen molar-refractivity contribution in [3.05, 3.63) is 87.7 Å². The van der Waals surface area contributed by atoms with E-state index in [1.165, 1.54) is 6.42 Å². The van der Waals surface area contributed by atoms with Crippen molar-refractivity contribution < 1.29 is 4.79 Å². The smallest absolute Gasteiger partial charge is 0.263 e. The van der Waals surface area contributed by atoms with Crippen LogP contribution in [0.25, 0.3) is 22.5 Å².